The summed E-state index contributed by atoms with van der Waals surface area (Å²) in [6.07, 6.45) is 4.67. The summed E-state index contributed by atoms with van der Waals surface area (Å²) in [5.74, 6) is -0.322. The van der Waals surface area contributed by atoms with E-state index in [1.807, 2.05) is 19.1 Å². The maximum Gasteiger partial charge on any atom is 0.141 e. The third-order valence-corrected chi connectivity index (χ3v) is 2.24. The van der Waals surface area contributed by atoms with Crippen LogP contribution in [0.15, 0.2) is 42.9 Å². The Hall–Kier alpha value is -1.97. The van der Waals surface area contributed by atoms with E-state index in [1.165, 1.54) is 12.3 Å². The highest BCUT2D eigenvalue weighted by molar-refractivity contribution is 5.41. The van der Waals surface area contributed by atoms with E-state index in [1.54, 1.807) is 18.5 Å². The number of halogens is 1. The SMILES string of the molecule is CC(Nc1cccnc1)c1ccc(F)cn1. The van der Waals surface area contributed by atoms with Gasteiger partial charge in [0.05, 0.1) is 23.6 Å². The van der Waals surface area contributed by atoms with Crippen LogP contribution in [0.25, 0.3) is 0 Å². The predicted octanol–water partition coefficient (Wildman–Crippen LogP) is 2.79. The lowest BCUT2D eigenvalue weighted by Gasteiger charge is -2.13. The predicted molar refractivity (Wildman–Crippen MR) is 60.5 cm³/mol. The molecular formula is C12H12FN3. The Kier molecular flexibility index (Phi) is 3.10. The second kappa shape index (κ2) is 4.70. The van der Waals surface area contributed by atoms with Gasteiger partial charge in [-0.1, -0.05) is 0 Å². The molecule has 0 amide bonds. The molecule has 0 saturated heterocycles. The number of anilines is 1. The van der Waals surface area contributed by atoms with Gasteiger partial charge in [0.25, 0.3) is 0 Å². The molecule has 0 bridgehead atoms. The lowest BCUT2D eigenvalue weighted by molar-refractivity contribution is 0.617. The number of nitrogens with one attached hydrogen (secondary N) is 1. The summed E-state index contributed by atoms with van der Waals surface area (Å²) < 4.78 is 12.7. The minimum Gasteiger partial charge on any atom is -0.376 e. The van der Waals surface area contributed by atoms with Crippen LogP contribution in [0.3, 0.4) is 0 Å². The molecule has 0 saturated carbocycles. The molecule has 0 aliphatic rings. The standard InChI is InChI=1S/C12H12FN3/c1-9(12-5-4-10(13)7-15-12)16-11-3-2-6-14-8-11/h2-9,16H,1H3. The van der Waals surface area contributed by atoms with Gasteiger partial charge in [0.1, 0.15) is 5.82 Å². The topological polar surface area (TPSA) is 37.8 Å². The molecule has 2 aromatic rings. The van der Waals surface area contributed by atoms with Crippen LogP contribution in [-0.2, 0) is 0 Å². The molecule has 1 N–H and O–H groups in total. The van der Waals surface area contributed by atoms with Gasteiger partial charge in [-0.2, -0.15) is 0 Å². The van der Waals surface area contributed by atoms with Crippen molar-refractivity contribution in [1.29, 1.82) is 0 Å². The Labute approximate surface area is 93.4 Å². The van der Waals surface area contributed by atoms with Crippen molar-refractivity contribution in [3.8, 4) is 0 Å². The number of hydrogen-bond donors (Lipinski definition) is 1. The van der Waals surface area contributed by atoms with Gasteiger partial charge < -0.3 is 5.32 Å². The number of pyridine rings is 2. The first-order chi connectivity index (χ1) is 7.75. The van der Waals surface area contributed by atoms with E-state index in [4.69, 9.17) is 0 Å². The van der Waals surface area contributed by atoms with Gasteiger partial charge in [-0.3, -0.25) is 9.97 Å². The highest BCUT2D eigenvalue weighted by Gasteiger charge is 2.06. The molecule has 0 radical (unpaired) electrons. The van der Waals surface area contributed by atoms with Crippen LogP contribution < -0.4 is 5.32 Å². The van der Waals surface area contributed by atoms with Crippen molar-refractivity contribution >= 4 is 5.69 Å². The Morgan fingerprint density at radius 1 is 1.25 bits per heavy atom. The number of aromatic nitrogens is 2. The van der Waals surface area contributed by atoms with Crippen LogP contribution in [0.2, 0.25) is 0 Å². The average molecular weight is 217 g/mol. The fourth-order valence-corrected chi connectivity index (χ4v) is 1.42. The van der Waals surface area contributed by atoms with Crippen LogP contribution >= 0.6 is 0 Å². The van der Waals surface area contributed by atoms with Gasteiger partial charge in [-0.15, -0.1) is 0 Å². The molecule has 2 aromatic heterocycles. The van der Waals surface area contributed by atoms with E-state index < -0.39 is 0 Å². The number of nitrogens with zero attached hydrogens (tertiary/aromatic N) is 2. The summed E-state index contributed by atoms with van der Waals surface area (Å²) in [4.78, 5) is 8.02. The van der Waals surface area contributed by atoms with E-state index in [0.717, 1.165) is 11.4 Å². The summed E-state index contributed by atoms with van der Waals surface area (Å²) in [5, 5.41) is 3.23. The Morgan fingerprint density at radius 3 is 2.75 bits per heavy atom. The first-order valence-corrected chi connectivity index (χ1v) is 5.04. The molecule has 0 spiro atoms. The normalized spacial score (nSPS) is 12.1. The molecule has 4 heteroatoms. The monoisotopic (exact) mass is 217 g/mol. The third kappa shape index (κ3) is 2.53. The van der Waals surface area contributed by atoms with Crippen LogP contribution in [-0.4, -0.2) is 9.97 Å². The molecule has 0 aliphatic carbocycles. The quantitative estimate of drug-likeness (QED) is 0.859. The molecule has 1 atom stereocenters. The van der Waals surface area contributed by atoms with E-state index >= 15 is 0 Å². The fraction of sp³-hybridized carbons (Fsp3) is 0.167. The van der Waals surface area contributed by atoms with E-state index in [0.29, 0.717) is 0 Å². The minimum atomic E-state index is -0.322. The number of rotatable bonds is 3. The van der Waals surface area contributed by atoms with Gasteiger partial charge >= 0.3 is 0 Å². The van der Waals surface area contributed by atoms with Crippen molar-refractivity contribution in [1.82, 2.24) is 9.97 Å². The smallest absolute Gasteiger partial charge is 0.141 e. The zero-order valence-corrected chi connectivity index (χ0v) is 8.89. The van der Waals surface area contributed by atoms with Crippen LogP contribution in [0.4, 0.5) is 10.1 Å². The first kappa shape index (κ1) is 10.5. The zero-order chi connectivity index (χ0) is 11.4. The summed E-state index contributed by atoms with van der Waals surface area (Å²) in [6, 6.07) is 6.87. The van der Waals surface area contributed by atoms with Crippen LogP contribution in [0, 0.1) is 5.82 Å². The molecular weight excluding hydrogens is 205 g/mol. The maximum atomic E-state index is 12.7. The van der Waals surface area contributed by atoms with Crippen molar-refractivity contribution < 1.29 is 4.39 Å². The van der Waals surface area contributed by atoms with Crippen molar-refractivity contribution in [2.24, 2.45) is 0 Å². The van der Waals surface area contributed by atoms with Crippen molar-refractivity contribution in [3.63, 3.8) is 0 Å². The summed E-state index contributed by atoms with van der Waals surface area (Å²) in [7, 11) is 0. The molecule has 82 valence electrons. The molecule has 0 aliphatic heterocycles. The molecule has 2 heterocycles. The third-order valence-electron chi connectivity index (χ3n) is 2.24. The zero-order valence-electron chi connectivity index (χ0n) is 8.89. The molecule has 1 unspecified atom stereocenters. The van der Waals surface area contributed by atoms with E-state index in [-0.39, 0.29) is 11.9 Å². The molecule has 0 aromatic carbocycles. The van der Waals surface area contributed by atoms with E-state index in [9.17, 15) is 4.39 Å². The highest BCUT2D eigenvalue weighted by atomic mass is 19.1. The molecule has 3 nitrogen and oxygen atoms in total. The summed E-state index contributed by atoms with van der Waals surface area (Å²) in [5.41, 5.74) is 1.71. The second-order valence-corrected chi connectivity index (χ2v) is 3.51. The van der Waals surface area contributed by atoms with E-state index in [2.05, 4.69) is 15.3 Å². The van der Waals surface area contributed by atoms with Crippen molar-refractivity contribution in [2.45, 2.75) is 13.0 Å². The average Bonchev–Trinajstić information content (AvgIpc) is 2.31. The minimum absolute atomic E-state index is 0.0183. The van der Waals surface area contributed by atoms with Gasteiger partial charge in [-0.05, 0) is 31.2 Å². The molecule has 0 fully saturated rings. The first-order valence-electron chi connectivity index (χ1n) is 5.04. The lowest BCUT2D eigenvalue weighted by atomic mass is 10.2. The molecule has 2 rings (SSSR count). The van der Waals surface area contributed by atoms with Crippen molar-refractivity contribution in [2.75, 3.05) is 5.32 Å². The maximum absolute atomic E-state index is 12.7. The Bertz CT molecular complexity index is 442. The van der Waals surface area contributed by atoms with Gasteiger partial charge in [0.2, 0.25) is 0 Å². The molecule has 16 heavy (non-hydrogen) atoms. The van der Waals surface area contributed by atoms with Gasteiger partial charge in [-0.25, -0.2) is 4.39 Å². The second-order valence-electron chi connectivity index (χ2n) is 3.51. The lowest BCUT2D eigenvalue weighted by Crippen LogP contribution is -2.08. The summed E-state index contributed by atoms with van der Waals surface area (Å²) in [6.45, 7) is 1.97. The Balaban J connectivity index is 2.09. The van der Waals surface area contributed by atoms with Gasteiger partial charge in [0, 0.05) is 12.4 Å². The van der Waals surface area contributed by atoms with Crippen LogP contribution in [0.1, 0.15) is 18.7 Å². The highest BCUT2D eigenvalue weighted by Crippen LogP contribution is 2.16. The Morgan fingerprint density at radius 2 is 2.12 bits per heavy atom. The summed E-state index contributed by atoms with van der Waals surface area (Å²) >= 11 is 0. The largest absolute Gasteiger partial charge is 0.376 e. The van der Waals surface area contributed by atoms with Crippen molar-refractivity contribution in [3.05, 3.63) is 54.4 Å². The van der Waals surface area contributed by atoms with Gasteiger partial charge in [0.15, 0.2) is 0 Å². The van der Waals surface area contributed by atoms with Crippen LogP contribution in [0.5, 0.6) is 0 Å². The fourth-order valence-electron chi connectivity index (χ4n) is 1.42. The number of hydrogen-bond acceptors (Lipinski definition) is 3.